The van der Waals surface area contributed by atoms with Gasteiger partial charge in [-0.2, -0.15) is 0 Å². The van der Waals surface area contributed by atoms with Crippen molar-refractivity contribution in [3.8, 4) is 5.75 Å². The van der Waals surface area contributed by atoms with E-state index in [0.29, 0.717) is 6.61 Å². The molecule has 0 saturated carbocycles. The maximum Gasteiger partial charge on any atom is 0.257 e. The summed E-state index contributed by atoms with van der Waals surface area (Å²) in [6, 6.07) is 7.62. The molecule has 0 radical (unpaired) electrons. The largest absolute Gasteiger partial charge is 0.497 e. The fourth-order valence-electron chi connectivity index (χ4n) is 3.53. The summed E-state index contributed by atoms with van der Waals surface area (Å²) in [7, 11) is -2.42. The van der Waals surface area contributed by atoms with Crippen LogP contribution in [0.5, 0.6) is 5.75 Å². The second-order valence-corrected chi connectivity index (χ2v) is 22.8. The fraction of sp³-hybridized carbons (Fsp3) is 0.731. The number of anilines is 1. The molecule has 0 spiro atoms. The molecule has 188 valence electrons. The molecule has 33 heavy (non-hydrogen) atoms. The van der Waals surface area contributed by atoms with Crippen molar-refractivity contribution in [2.75, 3.05) is 18.6 Å². The minimum atomic E-state index is -2.13. The van der Waals surface area contributed by atoms with Crippen molar-refractivity contribution in [1.29, 1.82) is 0 Å². The molecule has 0 unspecified atom stereocenters. The number of nitrogens with zero attached hydrogens (tertiary/aromatic N) is 1. The standard InChI is InChI=1S/C26H47NO4Si2/c1-24(2,3)32(10,11)30-18-26(7,8)22-21(31-33(12,13)25(4,5)6)23(28)27(22)19-14-16-20(29-9)17-15-19/h14-17,21-22H,18H2,1-13H3/t21-,22-/m1/s1. The van der Waals surface area contributed by atoms with Crippen molar-refractivity contribution >= 4 is 28.2 Å². The second-order valence-electron chi connectivity index (χ2n) is 13.2. The lowest BCUT2D eigenvalue weighted by molar-refractivity contribution is -0.140. The molecule has 0 N–H and O–H groups in total. The Balaban J connectivity index is 2.40. The Bertz CT molecular complexity index is 835. The topological polar surface area (TPSA) is 48.0 Å². The molecule has 1 aliphatic heterocycles. The molecule has 1 amide bonds. The highest BCUT2D eigenvalue weighted by Gasteiger charge is 2.58. The normalized spacial score (nSPS) is 20.6. The molecular weight excluding hydrogens is 446 g/mol. The van der Waals surface area contributed by atoms with E-state index < -0.39 is 22.7 Å². The van der Waals surface area contributed by atoms with Crippen molar-refractivity contribution in [2.45, 2.75) is 104 Å². The Kier molecular flexibility index (Phi) is 7.77. The van der Waals surface area contributed by atoms with Crippen molar-refractivity contribution in [2.24, 2.45) is 5.41 Å². The van der Waals surface area contributed by atoms with Gasteiger partial charge in [-0.3, -0.25) is 4.79 Å². The van der Waals surface area contributed by atoms with Crippen LogP contribution in [0, 0.1) is 5.41 Å². The minimum absolute atomic E-state index is 0.0279. The molecule has 1 aliphatic rings. The van der Waals surface area contributed by atoms with E-state index in [1.807, 2.05) is 29.2 Å². The summed E-state index contributed by atoms with van der Waals surface area (Å²) in [6.45, 7) is 27.4. The van der Waals surface area contributed by atoms with Gasteiger partial charge in [0.25, 0.3) is 5.91 Å². The Morgan fingerprint density at radius 1 is 0.848 bits per heavy atom. The molecule has 1 aromatic rings. The summed E-state index contributed by atoms with van der Waals surface area (Å²) < 4.78 is 18.7. The van der Waals surface area contributed by atoms with Gasteiger partial charge < -0.3 is 18.5 Å². The molecule has 0 aromatic heterocycles. The van der Waals surface area contributed by atoms with E-state index in [4.69, 9.17) is 13.6 Å². The molecule has 1 heterocycles. The van der Waals surface area contributed by atoms with Crippen LogP contribution in [0.25, 0.3) is 0 Å². The summed E-state index contributed by atoms with van der Waals surface area (Å²) >= 11 is 0. The predicted octanol–water partition coefficient (Wildman–Crippen LogP) is 6.85. The highest BCUT2D eigenvalue weighted by atomic mass is 28.4. The molecule has 2 rings (SSSR count). The van der Waals surface area contributed by atoms with Crippen molar-refractivity contribution in [1.82, 2.24) is 0 Å². The molecule has 7 heteroatoms. The van der Waals surface area contributed by atoms with Crippen LogP contribution in [-0.2, 0) is 13.6 Å². The number of carbonyl (C=O) groups excluding carboxylic acids is 1. The Morgan fingerprint density at radius 2 is 1.33 bits per heavy atom. The van der Waals surface area contributed by atoms with Crippen LogP contribution in [0.1, 0.15) is 55.4 Å². The molecular formula is C26H47NO4Si2. The molecule has 1 fully saturated rings. The summed E-state index contributed by atoms with van der Waals surface area (Å²) in [6.07, 6.45) is -0.453. The Morgan fingerprint density at radius 3 is 1.76 bits per heavy atom. The Labute approximate surface area is 204 Å². The van der Waals surface area contributed by atoms with Gasteiger partial charge in [0.15, 0.2) is 16.6 Å². The number of ether oxygens (including phenoxy) is 1. The van der Waals surface area contributed by atoms with E-state index in [9.17, 15) is 4.79 Å². The zero-order valence-corrected chi connectivity index (χ0v) is 25.3. The number of rotatable bonds is 8. The highest BCUT2D eigenvalue weighted by Crippen LogP contribution is 2.46. The molecule has 0 aliphatic carbocycles. The van der Waals surface area contributed by atoms with Gasteiger partial charge in [-0.1, -0.05) is 55.4 Å². The summed E-state index contributed by atoms with van der Waals surface area (Å²) in [5.41, 5.74) is 0.595. The van der Waals surface area contributed by atoms with Crippen LogP contribution in [0.15, 0.2) is 24.3 Å². The number of amides is 1. The van der Waals surface area contributed by atoms with E-state index in [1.165, 1.54) is 0 Å². The van der Waals surface area contributed by atoms with Gasteiger partial charge in [0, 0.05) is 17.7 Å². The predicted molar refractivity (Wildman–Crippen MR) is 143 cm³/mol. The molecule has 1 saturated heterocycles. The number of carbonyl (C=O) groups is 1. The summed E-state index contributed by atoms with van der Waals surface area (Å²) in [4.78, 5) is 15.4. The van der Waals surface area contributed by atoms with Crippen LogP contribution in [-0.4, -0.2) is 48.4 Å². The van der Waals surface area contributed by atoms with Gasteiger partial charge in [0.05, 0.1) is 13.2 Å². The number of benzene rings is 1. The van der Waals surface area contributed by atoms with E-state index in [2.05, 4.69) is 81.6 Å². The van der Waals surface area contributed by atoms with Gasteiger partial charge in [-0.25, -0.2) is 0 Å². The lowest BCUT2D eigenvalue weighted by atomic mass is 9.75. The third-order valence-electron chi connectivity index (χ3n) is 8.04. The third-order valence-corrected chi connectivity index (χ3v) is 17.0. The van der Waals surface area contributed by atoms with Gasteiger partial charge >= 0.3 is 0 Å². The number of hydrogen-bond acceptors (Lipinski definition) is 4. The van der Waals surface area contributed by atoms with E-state index in [1.54, 1.807) is 7.11 Å². The first kappa shape index (κ1) is 28.1. The first-order chi connectivity index (χ1) is 14.7. The first-order valence-corrected chi connectivity index (χ1v) is 17.9. The SMILES string of the molecule is COc1ccc(N2C(=O)[C@H](O[Si](C)(C)C(C)(C)C)[C@@H]2C(C)(C)CO[Si](C)(C)C(C)(C)C)cc1. The molecule has 0 bridgehead atoms. The zero-order chi connectivity index (χ0) is 25.6. The Hall–Kier alpha value is -1.16. The molecule has 5 nitrogen and oxygen atoms in total. The average Bonchev–Trinajstić information content (AvgIpc) is 2.67. The smallest absolute Gasteiger partial charge is 0.257 e. The summed E-state index contributed by atoms with van der Waals surface area (Å²) in [5.74, 6) is 0.813. The lowest BCUT2D eigenvalue weighted by Crippen LogP contribution is -2.73. The lowest BCUT2D eigenvalue weighted by Gasteiger charge is -2.56. The van der Waals surface area contributed by atoms with E-state index in [0.717, 1.165) is 11.4 Å². The quantitative estimate of drug-likeness (QED) is 0.293. The van der Waals surface area contributed by atoms with Crippen LogP contribution in [0.3, 0.4) is 0 Å². The van der Waals surface area contributed by atoms with Crippen LogP contribution in [0.2, 0.25) is 36.3 Å². The van der Waals surface area contributed by atoms with Crippen LogP contribution >= 0.6 is 0 Å². The van der Waals surface area contributed by atoms with Crippen molar-refractivity contribution in [3.63, 3.8) is 0 Å². The minimum Gasteiger partial charge on any atom is -0.497 e. The fourth-order valence-corrected chi connectivity index (χ4v) is 5.91. The maximum absolute atomic E-state index is 13.5. The number of hydrogen-bond donors (Lipinski definition) is 0. The molecule has 2 atom stereocenters. The monoisotopic (exact) mass is 493 g/mol. The van der Waals surface area contributed by atoms with Crippen LogP contribution < -0.4 is 9.64 Å². The van der Waals surface area contributed by atoms with Crippen molar-refractivity contribution < 1.29 is 18.4 Å². The first-order valence-electron chi connectivity index (χ1n) is 12.0. The zero-order valence-electron chi connectivity index (χ0n) is 23.3. The molecule has 1 aromatic carbocycles. The number of β-lactam (4-membered cyclic amide) rings is 1. The van der Waals surface area contributed by atoms with Gasteiger partial charge in [-0.05, 0) is 60.5 Å². The third kappa shape index (κ3) is 5.74. The van der Waals surface area contributed by atoms with Gasteiger partial charge in [-0.15, -0.1) is 0 Å². The van der Waals surface area contributed by atoms with E-state index >= 15 is 0 Å². The maximum atomic E-state index is 13.5. The van der Waals surface area contributed by atoms with E-state index in [-0.39, 0.29) is 27.4 Å². The summed E-state index contributed by atoms with van der Waals surface area (Å²) in [5, 5.41) is 0.158. The second kappa shape index (κ2) is 9.13. The van der Waals surface area contributed by atoms with Gasteiger partial charge in [0.2, 0.25) is 0 Å². The van der Waals surface area contributed by atoms with Crippen LogP contribution in [0.4, 0.5) is 5.69 Å². The van der Waals surface area contributed by atoms with Gasteiger partial charge in [0.1, 0.15) is 11.9 Å². The van der Waals surface area contributed by atoms with Crippen molar-refractivity contribution in [3.05, 3.63) is 24.3 Å². The average molecular weight is 494 g/mol. The number of methoxy groups -OCH3 is 1. The highest BCUT2D eigenvalue weighted by molar-refractivity contribution is 6.74.